The van der Waals surface area contributed by atoms with Crippen molar-refractivity contribution in [2.24, 2.45) is 9.98 Å². The fourth-order valence-corrected chi connectivity index (χ4v) is 2.41. The summed E-state index contributed by atoms with van der Waals surface area (Å²) in [6.07, 6.45) is 8.06. The molecular weight excluding hydrogens is 248 g/mol. The Morgan fingerprint density at radius 1 is 1.30 bits per heavy atom. The van der Waals surface area contributed by atoms with Crippen LogP contribution in [0, 0.1) is 0 Å². The van der Waals surface area contributed by atoms with Crippen LogP contribution in [0.15, 0.2) is 46.2 Å². The Kier molecular flexibility index (Phi) is 4.23. The summed E-state index contributed by atoms with van der Waals surface area (Å²) >= 11 is 0. The molecule has 106 valence electrons. The summed E-state index contributed by atoms with van der Waals surface area (Å²) in [7, 11) is 4.03. The maximum absolute atomic E-state index is 4.75. The van der Waals surface area contributed by atoms with Crippen molar-refractivity contribution in [3.63, 3.8) is 0 Å². The van der Waals surface area contributed by atoms with Crippen LogP contribution in [-0.4, -0.2) is 41.7 Å². The van der Waals surface area contributed by atoms with E-state index in [0.29, 0.717) is 0 Å². The summed E-state index contributed by atoms with van der Waals surface area (Å²) in [6, 6.07) is 2.07. The minimum atomic E-state index is -0.0556. The molecular formula is C16H22N4. The van der Waals surface area contributed by atoms with Crippen LogP contribution in [0.4, 0.5) is 0 Å². The number of nitrogens with zero attached hydrogens (tertiary/aromatic N) is 3. The lowest BCUT2D eigenvalue weighted by atomic mass is 9.95. The Labute approximate surface area is 120 Å². The lowest BCUT2D eigenvalue weighted by Crippen LogP contribution is -2.32. The first kappa shape index (κ1) is 14.3. The van der Waals surface area contributed by atoms with E-state index >= 15 is 0 Å². The molecule has 0 bridgehead atoms. The number of hydrogen-bond acceptors (Lipinski definition) is 3. The molecule has 0 saturated heterocycles. The number of rotatable bonds is 2. The molecule has 2 rings (SSSR count). The highest BCUT2D eigenvalue weighted by Crippen LogP contribution is 2.25. The van der Waals surface area contributed by atoms with Crippen LogP contribution in [0.1, 0.15) is 26.3 Å². The number of aliphatic imine (C=N–C) groups is 2. The van der Waals surface area contributed by atoms with Gasteiger partial charge in [-0.05, 0) is 26.8 Å². The number of likely N-dealkylation sites (N-methyl/N-ethyl adjacent to an activating group) is 1. The number of hydrogen-bond donors (Lipinski definition) is 1. The van der Waals surface area contributed by atoms with E-state index in [4.69, 9.17) is 4.99 Å². The third-order valence-corrected chi connectivity index (χ3v) is 3.29. The van der Waals surface area contributed by atoms with Gasteiger partial charge < -0.3 is 9.88 Å². The Bertz CT molecular complexity index is 586. The Balaban J connectivity index is 2.50. The molecule has 0 aliphatic carbocycles. The molecule has 4 heteroatoms. The van der Waals surface area contributed by atoms with Crippen LogP contribution >= 0.6 is 0 Å². The van der Waals surface area contributed by atoms with E-state index in [-0.39, 0.29) is 6.17 Å². The summed E-state index contributed by atoms with van der Waals surface area (Å²) in [5, 5.41) is 0. The van der Waals surface area contributed by atoms with Gasteiger partial charge in [0, 0.05) is 43.2 Å². The minimum Gasteiger partial charge on any atom is -0.367 e. The van der Waals surface area contributed by atoms with E-state index in [1.165, 1.54) is 0 Å². The second-order valence-electron chi connectivity index (χ2n) is 4.96. The van der Waals surface area contributed by atoms with Crippen LogP contribution in [-0.2, 0) is 0 Å². The third-order valence-electron chi connectivity index (χ3n) is 3.29. The minimum absolute atomic E-state index is 0.0556. The first-order valence-electron chi connectivity index (χ1n) is 6.88. The summed E-state index contributed by atoms with van der Waals surface area (Å²) < 4.78 is 0. The molecule has 1 atom stereocenters. The fourth-order valence-electron chi connectivity index (χ4n) is 2.41. The topological polar surface area (TPSA) is 43.8 Å². The zero-order valence-corrected chi connectivity index (χ0v) is 12.8. The van der Waals surface area contributed by atoms with Crippen molar-refractivity contribution in [3.05, 3.63) is 41.7 Å². The normalized spacial score (nSPS) is 21.8. The molecule has 1 aliphatic rings. The lowest BCUT2D eigenvalue weighted by Gasteiger charge is -2.26. The van der Waals surface area contributed by atoms with Crippen LogP contribution in [0.5, 0.6) is 0 Å². The average molecular weight is 270 g/mol. The SMILES string of the molecule is CC=C1C(C(=CC)c2cc[nH]c2)=NC(C)N=C1N(C)C. The Hall–Kier alpha value is -2.10. The molecule has 0 radical (unpaired) electrons. The molecule has 0 fully saturated rings. The molecule has 4 nitrogen and oxygen atoms in total. The van der Waals surface area contributed by atoms with Crippen molar-refractivity contribution < 1.29 is 0 Å². The van der Waals surface area contributed by atoms with Gasteiger partial charge in [-0.1, -0.05) is 12.2 Å². The molecule has 0 aromatic carbocycles. The lowest BCUT2D eigenvalue weighted by molar-refractivity contribution is 0.606. The van der Waals surface area contributed by atoms with E-state index in [2.05, 4.69) is 28.2 Å². The highest BCUT2D eigenvalue weighted by atomic mass is 15.2. The summed E-state index contributed by atoms with van der Waals surface area (Å²) in [4.78, 5) is 14.5. The Morgan fingerprint density at radius 2 is 2.05 bits per heavy atom. The summed E-state index contributed by atoms with van der Waals surface area (Å²) in [5.74, 6) is 0.986. The number of aromatic nitrogens is 1. The van der Waals surface area contributed by atoms with Crippen molar-refractivity contribution in [3.8, 4) is 0 Å². The summed E-state index contributed by atoms with van der Waals surface area (Å²) in [5.41, 5.74) is 4.39. The van der Waals surface area contributed by atoms with Gasteiger partial charge in [-0.3, -0.25) is 4.99 Å². The molecule has 0 amide bonds. The van der Waals surface area contributed by atoms with E-state index < -0.39 is 0 Å². The van der Waals surface area contributed by atoms with Gasteiger partial charge in [-0.15, -0.1) is 0 Å². The second-order valence-corrected chi connectivity index (χ2v) is 4.96. The van der Waals surface area contributed by atoms with Gasteiger partial charge in [0.1, 0.15) is 12.0 Å². The predicted molar refractivity (Wildman–Crippen MR) is 86.2 cm³/mol. The van der Waals surface area contributed by atoms with Crippen LogP contribution in [0.2, 0.25) is 0 Å². The van der Waals surface area contributed by atoms with E-state index in [0.717, 1.165) is 28.3 Å². The van der Waals surface area contributed by atoms with Crippen LogP contribution in [0.25, 0.3) is 5.57 Å². The number of H-pyrrole nitrogens is 1. The smallest absolute Gasteiger partial charge is 0.139 e. The van der Waals surface area contributed by atoms with Gasteiger partial charge in [0.25, 0.3) is 0 Å². The molecule has 1 aliphatic heterocycles. The van der Waals surface area contributed by atoms with Crippen LogP contribution < -0.4 is 0 Å². The van der Waals surface area contributed by atoms with Crippen LogP contribution in [0.3, 0.4) is 0 Å². The number of amidine groups is 1. The molecule has 1 N–H and O–H groups in total. The van der Waals surface area contributed by atoms with Gasteiger partial charge in [0.05, 0.1) is 5.71 Å². The first-order valence-corrected chi connectivity index (χ1v) is 6.88. The Morgan fingerprint density at radius 3 is 2.55 bits per heavy atom. The second kappa shape index (κ2) is 5.90. The van der Waals surface area contributed by atoms with Crippen molar-refractivity contribution in [1.82, 2.24) is 9.88 Å². The molecule has 0 saturated carbocycles. The van der Waals surface area contributed by atoms with Gasteiger partial charge in [-0.25, -0.2) is 4.99 Å². The largest absolute Gasteiger partial charge is 0.367 e. The molecule has 1 aromatic rings. The van der Waals surface area contributed by atoms with Crippen molar-refractivity contribution in [1.29, 1.82) is 0 Å². The monoisotopic (exact) mass is 270 g/mol. The van der Waals surface area contributed by atoms with Gasteiger partial charge in [0.2, 0.25) is 0 Å². The molecule has 20 heavy (non-hydrogen) atoms. The molecule has 1 aromatic heterocycles. The summed E-state index contributed by atoms with van der Waals surface area (Å²) in [6.45, 7) is 6.09. The maximum atomic E-state index is 4.75. The molecule has 0 spiro atoms. The number of allylic oxidation sites excluding steroid dienone is 3. The van der Waals surface area contributed by atoms with Crippen molar-refractivity contribution in [2.45, 2.75) is 26.9 Å². The zero-order chi connectivity index (χ0) is 14.7. The van der Waals surface area contributed by atoms with Crippen molar-refractivity contribution in [2.75, 3.05) is 14.1 Å². The van der Waals surface area contributed by atoms with Gasteiger partial charge in [0.15, 0.2) is 0 Å². The number of aromatic amines is 1. The van der Waals surface area contributed by atoms with Gasteiger partial charge >= 0.3 is 0 Å². The highest BCUT2D eigenvalue weighted by molar-refractivity contribution is 6.41. The van der Waals surface area contributed by atoms with Crippen molar-refractivity contribution >= 4 is 17.1 Å². The molecule has 2 heterocycles. The van der Waals surface area contributed by atoms with E-state index in [1.807, 2.05) is 52.2 Å². The maximum Gasteiger partial charge on any atom is 0.139 e. The molecule has 1 unspecified atom stereocenters. The predicted octanol–water partition coefficient (Wildman–Crippen LogP) is 3.13. The fraction of sp³-hybridized carbons (Fsp3) is 0.375. The first-order chi connectivity index (χ1) is 9.58. The average Bonchev–Trinajstić information content (AvgIpc) is 2.93. The quantitative estimate of drug-likeness (QED) is 0.881. The zero-order valence-electron chi connectivity index (χ0n) is 12.8. The standard InChI is InChI=1S/C16H22N4/c1-6-13(12-8-9-17-10-12)15-14(7-2)16(20(4)5)19-11(3)18-15/h6-11,17H,1-5H3. The van der Waals surface area contributed by atoms with E-state index in [9.17, 15) is 0 Å². The van der Waals surface area contributed by atoms with Gasteiger partial charge in [-0.2, -0.15) is 0 Å². The van der Waals surface area contributed by atoms with E-state index in [1.54, 1.807) is 0 Å². The number of nitrogens with one attached hydrogen (secondary N) is 1. The third kappa shape index (κ3) is 2.59. The highest BCUT2D eigenvalue weighted by Gasteiger charge is 2.24.